The van der Waals surface area contributed by atoms with Crippen LogP contribution >= 0.6 is 11.3 Å². The number of likely N-dealkylation sites (tertiary alicyclic amines) is 1. The van der Waals surface area contributed by atoms with Gasteiger partial charge in [-0.1, -0.05) is 13.0 Å². The van der Waals surface area contributed by atoms with E-state index in [-0.39, 0.29) is 0 Å². The van der Waals surface area contributed by atoms with Crippen LogP contribution in [0.3, 0.4) is 0 Å². The van der Waals surface area contributed by atoms with Crippen molar-refractivity contribution < 1.29 is 0 Å². The molecule has 0 spiro atoms. The average Bonchev–Trinajstić information content (AvgIpc) is 2.83. The van der Waals surface area contributed by atoms with Gasteiger partial charge >= 0.3 is 0 Å². The van der Waals surface area contributed by atoms with E-state index in [1.54, 1.807) is 0 Å². The van der Waals surface area contributed by atoms with Crippen LogP contribution in [0.2, 0.25) is 0 Å². The van der Waals surface area contributed by atoms with Gasteiger partial charge in [0.15, 0.2) is 0 Å². The van der Waals surface area contributed by atoms with Crippen molar-refractivity contribution in [2.45, 2.75) is 38.8 Å². The number of piperidine rings is 1. The van der Waals surface area contributed by atoms with Gasteiger partial charge in [0.2, 0.25) is 0 Å². The second kappa shape index (κ2) is 5.80. The molecule has 0 aromatic carbocycles. The van der Waals surface area contributed by atoms with E-state index >= 15 is 0 Å². The van der Waals surface area contributed by atoms with Crippen LogP contribution in [0.15, 0.2) is 17.5 Å². The van der Waals surface area contributed by atoms with Gasteiger partial charge in [-0.3, -0.25) is 4.90 Å². The smallest absolute Gasteiger partial charge is 0.0413 e. The van der Waals surface area contributed by atoms with Gasteiger partial charge in [0.1, 0.15) is 0 Å². The Hall–Kier alpha value is -0.380. The fraction of sp³-hybridized carbons (Fsp3) is 0.692. The fourth-order valence-corrected chi connectivity index (χ4v) is 3.31. The third kappa shape index (κ3) is 2.84. The molecule has 1 aromatic rings. The molecule has 1 saturated heterocycles. The van der Waals surface area contributed by atoms with E-state index < -0.39 is 0 Å². The summed E-state index contributed by atoms with van der Waals surface area (Å²) in [6, 6.07) is 5.76. The molecule has 2 rings (SSSR count). The standard InChI is InChI=1S/C13H22N2S/c1-3-14-12-6-8-15(9-7-12)11(2)13-5-4-10-16-13/h4-5,10-12,14H,3,6-9H2,1-2H3. The summed E-state index contributed by atoms with van der Waals surface area (Å²) in [5.41, 5.74) is 0. The normalized spacial score (nSPS) is 21.1. The maximum absolute atomic E-state index is 3.55. The molecular formula is C13H22N2S. The zero-order chi connectivity index (χ0) is 11.4. The molecule has 0 bridgehead atoms. The number of rotatable bonds is 4. The SMILES string of the molecule is CCNC1CCN(C(C)c2cccs2)CC1. The Labute approximate surface area is 103 Å². The Kier molecular flexibility index (Phi) is 4.38. The highest BCUT2D eigenvalue weighted by Crippen LogP contribution is 2.27. The highest BCUT2D eigenvalue weighted by molar-refractivity contribution is 7.10. The quantitative estimate of drug-likeness (QED) is 0.867. The van der Waals surface area contributed by atoms with E-state index in [4.69, 9.17) is 0 Å². The highest BCUT2D eigenvalue weighted by atomic mass is 32.1. The molecule has 16 heavy (non-hydrogen) atoms. The molecule has 1 unspecified atom stereocenters. The average molecular weight is 238 g/mol. The number of thiophene rings is 1. The summed E-state index contributed by atoms with van der Waals surface area (Å²) in [6.07, 6.45) is 2.59. The van der Waals surface area contributed by atoms with Gasteiger partial charge in [0.25, 0.3) is 0 Å². The molecule has 1 aliphatic heterocycles. The summed E-state index contributed by atoms with van der Waals surface area (Å²) in [5, 5.41) is 5.73. The maximum atomic E-state index is 3.55. The van der Waals surface area contributed by atoms with Gasteiger partial charge in [0, 0.05) is 30.1 Å². The first kappa shape index (κ1) is 12.1. The van der Waals surface area contributed by atoms with Crippen LogP contribution in [-0.2, 0) is 0 Å². The van der Waals surface area contributed by atoms with Crippen molar-refractivity contribution >= 4 is 11.3 Å². The molecule has 3 heteroatoms. The number of nitrogens with zero attached hydrogens (tertiary/aromatic N) is 1. The largest absolute Gasteiger partial charge is 0.314 e. The first-order valence-corrected chi connectivity index (χ1v) is 7.20. The van der Waals surface area contributed by atoms with Gasteiger partial charge in [0.05, 0.1) is 0 Å². The van der Waals surface area contributed by atoms with E-state index in [0.717, 1.165) is 12.6 Å². The van der Waals surface area contributed by atoms with Gasteiger partial charge < -0.3 is 5.32 Å². The molecule has 0 amide bonds. The van der Waals surface area contributed by atoms with E-state index in [2.05, 4.69) is 41.6 Å². The van der Waals surface area contributed by atoms with Crippen LogP contribution in [0.1, 0.15) is 37.6 Å². The number of hydrogen-bond acceptors (Lipinski definition) is 3. The topological polar surface area (TPSA) is 15.3 Å². The third-order valence-electron chi connectivity index (χ3n) is 3.53. The lowest BCUT2D eigenvalue weighted by molar-refractivity contribution is 0.155. The van der Waals surface area contributed by atoms with E-state index in [9.17, 15) is 0 Å². The third-order valence-corrected chi connectivity index (χ3v) is 4.57. The van der Waals surface area contributed by atoms with Crippen LogP contribution in [0.25, 0.3) is 0 Å². The van der Waals surface area contributed by atoms with E-state index in [0.29, 0.717) is 6.04 Å². The van der Waals surface area contributed by atoms with Crippen LogP contribution in [0.4, 0.5) is 0 Å². The molecule has 1 aromatic heterocycles. The first-order valence-electron chi connectivity index (χ1n) is 6.32. The Morgan fingerprint density at radius 1 is 1.50 bits per heavy atom. The Morgan fingerprint density at radius 2 is 2.25 bits per heavy atom. The molecule has 0 saturated carbocycles. The minimum absolute atomic E-state index is 0.600. The molecule has 1 fully saturated rings. The second-order valence-corrected chi connectivity index (χ2v) is 5.54. The molecule has 1 atom stereocenters. The predicted octanol–water partition coefficient (Wildman–Crippen LogP) is 2.88. The Morgan fingerprint density at radius 3 is 2.81 bits per heavy atom. The van der Waals surface area contributed by atoms with Gasteiger partial charge in [-0.25, -0.2) is 0 Å². The Balaban J connectivity index is 1.84. The molecule has 0 aliphatic carbocycles. The van der Waals surface area contributed by atoms with Crippen LogP contribution in [0, 0.1) is 0 Å². The first-order chi connectivity index (χ1) is 7.81. The van der Waals surface area contributed by atoms with Crippen molar-refractivity contribution in [2.24, 2.45) is 0 Å². The lowest BCUT2D eigenvalue weighted by Gasteiger charge is -2.35. The van der Waals surface area contributed by atoms with Crippen LogP contribution < -0.4 is 5.32 Å². The fourth-order valence-electron chi connectivity index (χ4n) is 2.49. The number of hydrogen-bond donors (Lipinski definition) is 1. The number of nitrogens with one attached hydrogen (secondary N) is 1. The molecule has 2 nitrogen and oxygen atoms in total. The summed E-state index contributed by atoms with van der Waals surface area (Å²) in [4.78, 5) is 4.11. The van der Waals surface area contributed by atoms with Gasteiger partial charge in [-0.15, -0.1) is 11.3 Å². The summed E-state index contributed by atoms with van der Waals surface area (Å²) in [7, 11) is 0. The Bertz CT molecular complexity index is 289. The predicted molar refractivity (Wildman–Crippen MR) is 71.0 cm³/mol. The minimum atomic E-state index is 0.600. The molecule has 90 valence electrons. The van der Waals surface area contributed by atoms with Crippen LogP contribution in [0.5, 0.6) is 0 Å². The highest BCUT2D eigenvalue weighted by Gasteiger charge is 2.23. The van der Waals surface area contributed by atoms with Crippen molar-refractivity contribution in [1.82, 2.24) is 10.2 Å². The molecule has 1 aliphatic rings. The lowest BCUT2D eigenvalue weighted by Crippen LogP contribution is -2.43. The van der Waals surface area contributed by atoms with Crippen molar-refractivity contribution in [3.05, 3.63) is 22.4 Å². The summed E-state index contributed by atoms with van der Waals surface area (Å²) in [5.74, 6) is 0. The van der Waals surface area contributed by atoms with Crippen LogP contribution in [-0.4, -0.2) is 30.6 Å². The van der Waals surface area contributed by atoms with Crippen molar-refractivity contribution in [1.29, 1.82) is 0 Å². The second-order valence-electron chi connectivity index (χ2n) is 4.56. The lowest BCUT2D eigenvalue weighted by atomic mass is 10.0. The van der Waals surface area contributed by atoms with Gasteiger partial charge in [-0.2, -0.15) is 0 Å². The molecule has 2 heterocycles. The molecule has 0 radical (unpaired) electrons. The van der Waals surface area contributed by atoms with E-state index in [1.165, 1.54) is 30.8 Å². The summed E-state index contributed by atoms with van der Waals surface area (Å²) >= 11 is 1.88. The monoisotopic (exact) mass is 238 g/mol. The summed E-state index contributed by atoms with van der Waals surface area (Å²) in [6.45, 7) is 8.10. The molecular weight excluding hydrogens is 216 g/mol. The van der Waals surface area contributed by atoms with Crippen molar-refractivity contribution in [3.63, 3.8) is 0 Å². The van der Waals surface area contributed by atoms with E-state index in [1.807, 2.05) is 11.3 Å². The zero-order valence-corrected chi connectivity index (χ0v) is 11.1. The summed E-state index contributed by atoms with van der Waals surface area (Å²) < 4.78 is 0. The molecule has 1 N–H and O–H groups in total. The maximum Gasteiger partial charge on any atom is 0.0413 e. The zero-order valence-electron chi connectivity index (χ0n) is 10.3. The minimum Gasteiger partial charge on any atom is -0.314 e. The van der Waals surface area contributed by atoms with Crippen molar-refractivity contribution in [3.8, 4) is 0 Å². The van der Waals surface area contributed by atoms with Gasteiger partial charge in [-0.05, 0) is 37.8 Å². The van der Waals surface area contributed by atoms with Crippen molar-refractivity contribution in [2.75, 3.05) is 19.6 Å².